The first kappa shape index (κ1) is 17.2. The molecule has 122 valence electrons. The van der Waals surface area contributed by atoms with Crippen LogP contribution in [0.3, 0.4) is 0 Å². The molecule has 1 aromatic rings. The second kappa shape index (κ2) is 8.44. The number of likely N-dealkylation sites (tertiary alicyclic amines) is 1. The average molecular weight is 303 g/mol. The van der Waals surface area contributed by atoms with E-state index in [1.54, 1.807) is 0 Å². The Morgan fingerprint density at radius 3 is 2.64 bits per heavy atom. The summed E-state index contributed by atoms with van der Waals surface area (Å²) in [7, 11) is 2.12. The highest BCUT2D eigenvalue weighted by Gasteiger charge is 2.30. The fourth-order valence-corrected chi connectivity index (χ4v) is 3.54. The molecule has 1 aliphatic rings. The Morgan fingerprint density at radius 1 is 1.27 bits per heavy atom. The van der Waals surface area contributed by atoms with Gasteiger partial charge in [0.1, 0.15) is 5.78 Å². The van der Waals surface area contributed by atoms with Crippen molar-refractivity contribution in [3.63, 3.8) is 0 Å². The van der Waals surface area contributed by atoms with Crippen LogP contribution in [0.1, 0.15) is 63.5 Å². The molecule has 0 aliphatic carbocycles. The molecule has 22 heavy (non-hydrogen) atoms. The van der Waals surface area contributed by atoms with E-state index in [1.165, 1.54) is 0 Å². The van der Waals surface area contributed by atoms with Crippen molar-refractivity contribution in [2.45, 2.75) is 70.1 Å². The van der Waals surface area contributed by atoms with Gasteiger partial charge in [-0.05, 0) is 38.3 Å². The predicted molar refractivity (Wildman–Crippen MR) is 89.7 cm³/mol. The molecule has 1 heterocycles. The summed E-state index contributed by atoms with van der Waals surface area (Å²) in [5.74, 6) is 0.378. The van der Waals surface area contributed by atoms with Crippen LogP contribution in [0.15, 0.2) is 30.3 Å². The molecule has 1 fully saturated rings. The first-order chi connectivity index (χ1) is 10.6. The Labute approximate surface area is 134 Å². The molecule has 0 radical (unpaired) electrons. The SMILES string of the molecule is CCCC(=O)C[C@H]1CCC[C@H](C[C@H](O)c2ccccc2)N1C. The normalized spacial score (nSPS) is 24.1. The largest absolute Gasteiger partial charge is 0.388 e. The molecule has 3 heteroatoms. The summed E-state index contributed by atoms with van der Waals surface area (Å²) in [6.07, 6.45) is 6.00. The molecule has 0 amide bonds. The van der Waals surface area contributed by atoms with Crippen molar-refractivity contribution in [2.24, 2.45) is 0 Å². The van der Waals surface area contributed by atoms with E-state index in [1.807, 2.05) is 30.3 Å². The lowest BCUT2D eigenvalue weighted by Gasteiger charge is -2.40. The lowest BCUT2D eigenvalue weighted by Crippen LogP contribution is -2.45. The van der Waals surface area contributed by atoms with E-state index in [0.717, 1.165) is 37.7 Å². The standard InChI is InChI=1S/C19H29NO2/c1-3-8-18(21)13-16-11-7-12-17(20(16)2)14-19(22)15-9-5-4-6-10-15/h4-6,9-10,16-17,19,22H,3,7-8,11-14H2,1-2H3/t16-,17-,19+/m1/s1. The molecule has 0 unspecified atom stereocenters. The minimum absolute atomic E-state index is 0.348. The summed E-state index contributed by atoms with van der Waals surface area (Å²) in [6, 6.07) is 10.6. The van der Waals surface area contributed by atoms with Crippen LogP contribution < -0.4 is 0 Å². The Bertz CT molecular complexity index is 460. The van der Waals surface area contributed by atoms with Crippen LogP contribution in [0.4, 0.5) is 0 Å². The summed E-state index contributed by atoms with van der Waals surface area (Å²) in [6.45, 7) is 2.06. The van der Waals surface area contributed by atoms with Crippen LogP contribution in [0.2, 0.25) is 0 Å². The van der Waals surface area contributed by atoms with Gasteiger partial charge in [0.25, 0.3) is 0 Å². The van der Waals surface area contributed by atoms with Gasteiger partial charge in [0.15, 0.2) is 0 Å². The van der Waals surface area contributed by atoms with Crippen LogP contribution in [-0.4, -0.2) is 34.9 Å². The summed E-state index contributed by atoms with van der Waals surface area (Å²) in [5.41, 5.74) is 0.986. The smallest absolute Gasteiger partial charge is 0.134 e. The van der Waals surface area contributed by atoms with E-state index < -0.39 is 6.10 Å². The summed E-state index contributed by atoms with van der Waals surface area (Å²) >= 11 is 0. The number of carbonyl (C=O) groups is 1. The second-order valence-electron chi connectivity index (χ2n) is 6.56. The second-order valence-corrected chi connectivity index (χ2v) is 6.56. The van der Waals surface area contributed by atoms with E-state index in [2.05, 4.69) is 18.9 Å². The molecule has 0 saturated carbocycles. The maximum atomic E-state index is 11.9. The number of hydrogen-bond donors (Lipinski definition) is 1. The van der Waals surface area contributed by atoms with Gasteiger partial charge in [-0.3, -0.25) is 9.69 Å². The van der Waals surface area contributed by atoms with Gasteiger partial charge in [-0.15, -0.1) is 0 Å². The van der Waals surface area contributed by atoms with Crippen LogP contribution in [0, 0.1) is 0 Å². The number of aliphatic hydroxyl groups is 1. The third-order valence-electron chi connectivity index (χ3n) is 4.90. The number of benzene rings is 1. The Kier molecular flexibility index (Phi) is 6.59. The Balaban J connectivity index is 1.92. The minimum Gasteiger partial charge on any atom is -0.388 e. The zero-order valence-electron chi connectivity index (χ0n) is 13.9. The van der Waals surface area contributed by atoms with E-state index >= 15 is 0 Å². The molecule has 1 N–H and O–H groups in total. The maximum absolute atomic E-state index is 11.9. The topological polar surface area (TPSA) is 40.5 Å². The van der Waals surface area contributed by atoms with Gasteiger partial charge in [-0.1, -0.05) is 43.7 Å². The molecular weight excluding hydrogens is 274 g/mol. The highest BCUT2D eigenvalue weighted by molar-refractivity contribution is 5.78. The zero-order chi connectivity index (χ0) is 15.9. The number of carbonyl (C=O) groups excluding carboxylic acids is 1. The Morgan fingerprint density at radius 2 is 1.95 bits per heavy atom. The number of rotatable bonds is 7. The van der Waals surface area contributed by atoms with Gasteiger partial charge < -0.3 is 5.11 Å². The highest BCUT2D eigenvalue weighted by atomic mass is 16.3. The third-order valence-corrected chi connectivity index (χ3v) is 4.90. The van der Waals surface area contributed by atoms with E-state index in [0.29, 0.717) is 30.7 Å². The minimum atomic E-state index is -0.418. The quantitative estimate of drug-likeness (QED) is 0.834. The fourth-order valence-electron chi connectivity index (χ4n) is 3.54. The number of Topliss-reactive ketones (excluding diaryl/α,β-unsaturated/α-hetero) is 1. The highest BCUT2D eigenvalue weighted by Crippen LogP contribution is 2.30. The average Bonchev–Trinajstić information content (AvgIpc) is 2.52. The van der Waals surface area contributed by atoms with Gasteiger partial charge in [0.2, 0.25) is 0 Å². The van der Waals surface area contributed by atoms with Crippen molar-refractivity contribution in [3.8, 4) is 0 Å². The van der Waals surface area contributed by atoms with E-state index in [4.69, 9.17) is 0 Å². The number of aliphatic hydroxyl groups excluding tert-OH is 1. The van der Waals surface area contributed by atoms with Gasteiger partial charge in [-0.2, -0.15) is 0 Å². The molecule has 1 saturated heterocycles. The van der Waals surface area contributed by atoms with Gasteiger partial charge in [-0.25, -0.2) is 0 Å². The third kappa shape index (κ3) is 4.65. The first-order valence-corrected chi connectivity index (χ1v) is 8.58. The fraction of sp³-hybridized carbons (Fsp3) is 0.632. The summed E-state index contributed by atoms with van der Waals surface area (Å²) < 4.78 is 0. The number of hydrogen-bond acceptors (Lipinski definition) is 3. The monoisotopic (exact) mass is 303 g/mol. The molecule has 0 bridgehead atoms. The molecular formula is C19H29NO2. The molecule has 0 spiro atoms. The number of nitrogens with zero attached hydrogens (tertiary/aromatic N) is 1. The van der Waals surface area contributed by atoms with Crippen molar-refractivity contribution in [1.82, 2.24) is 4.90 Å². The van der Waals surface area contributed by atoms with Gasteiger partial charge in [0, 0.05) is 24.9 Å². The number of ketones is 1. The zero-order valence-corrected chi connectivity index (χ0v) is 13.9. The Hall–Kier alpha value is -1.19. The molecule has 1 aliphatic heterocycles. The summed E-state index contributed by atoms with van der Waals surface area (Å²) in [4.78, 5) is 14.3. The van der Waals surface area contributed by atoms with E-state index in [-0.39, 0.29) is 0 Å². The van der Waals surface area contributed by atoms with Crippen molar-refractivity contribution < 1.29 is 9.90 Å². The van der Waals surface area contributed by atoms with Gasteiger partial charge >= 0.3 is 0 Å². The molecule has 1 aromatic carbocycles. The van der Waals surface area contributed by atoms with E-state index in [9.17, 15) is 9.90 Å². The maximum Gasteiger partial charge on any atom is 0.134 e. The first-order valence-electron chi connectivity index (χ1n) is 8.58. The van der Waals surface area contributed by atoms with Crippen LogP contribution in [0.5, 0.6) is 0 Å². The number of piperidine rings is 1. The molecule has 3 nitrogen and oxygen atoms in total. The van der Waals surface area contributed by atoms with Crippen LogP contribution in [0.25, 0.3) is 0 Å². The van der Waals surface area contributed by atoms with Crippen molar-refractivity contribution >= 4 is 5.78 Å². The molecule has 0 aromatic heterocycles. The van der Waals surface area contributed by atoms with Crippen molar-refractivity contribution in [3.05, 3.63) is 35.9 Å². The lowest BCUT2D eigenvalue weighted by atomic mass is 9.88. The lowest BCUT2D eigenvalue weighted by molar-refractivity contribution is -0.120. The summed E-state index contributed by atoms with van der Waals surface area (Å²) in [5, 5.41) is 10.4. The van der Waals surface area contributed by atoms with Gasteiger partial charge in [0.05, 0.1) is 6.10 Å². The van der Waals surface area contributed by atoms with Crippen molar-refractivity contribution in [1.29, 1.82) is 0 Å². The molecule has 2 rings (SSSR count). The predicted octanol–water partition coefficient (Wildman–Crippen LogP) is 3.72. The van der Waals surface area contributed by atoms with Crippen LogP contribution >= 0.6 is 0 Å². The molecule has 3 atom stereocenters. The van der Waals surface area contributed by atoms with Crippen molar-refractivity contribution in [2.75, 3.05) is 7.05 Å². The van der Waals surface area contributed by atoms with Crippen LogP contribution in [-0.2, 0) is 4.79 Å².